The molecule has 0 saturated carbocycles. The van der Waals surface area contributed by atoms with Crippen LogP contribution in [0.4, 0.5) is 0 Å². The summed E-state index contributed by atoms with van der Waals surface area (Å²) < 4.78 is 0. The summed E-state index contributed by atoms with van der Waals surface area (Å²) in [5.74, 6) is 0. The van der Waals surface area contributed by atoms with Crippen molar-refractivity contribution in [3.8, 4) is 0 Å². The molecule has 61 valence electrons. The maximum atomic E-state index is 8.89. The van der Waals surface area contributed by atoms with E-state index in [1.165, 1.54) is 0 Å². The number of unbranched alkanes of at least 4 members (excludes halogenated alkanes) is 3. The van der Waals surface area contributed by atoms with Crippen molar-refractivity contribution < 1.29 is 10.2 Å². The highest BCUT2D eigenvalue weighted by molar-refractivity contribution is 4.66. The van der Waals surface area contributed by atoms with E-state index >= 15 is 0 Å². The monoisotopic (exact) mass is 145 g/mol. The minimum Gasteiger partial charge on any atom is -0.394 e. The van der Waals surface area contributed by atoms with E-state index in [1.807, 2.05) is 0 Å². The van der Waals surface area contributed by atoms with Crippen molar-refractivity contribution in [1.29, 1.82) is 0 Å². The topological polar surface area (TPSA) is 40.5 Å². The molecule has 10 heavy (non-hydrogen) atoms. The van der Waals surface area contributed by atoms with Crippen LogP contribution in [0, 0.1) is 6.42 Å². The zero-order chi connectivity index (χ0) is 7.82. The quantitative estimate of drug-likeness (QED) is 0.550. The molecule has 2 N–H and O–H groups in total. The van der Waals surface area contributed by atoms with Crippen LogP contribution in [0.1, 0.15) is 32.6 Å². The Hall–Kier alpha value is -0.0800. The first-order valence-corrected chi connectivity index (χ1v) is 3.91. The highest BCUT2D eigenvalue weighted by Crippen LogP contribution is 2.03. The molecule has 0 aromatic rings. The van der Waals surface area contributed by atoms with Gasteiger partial charge in [-0.2, -0.15) is 0 Å². The first-order valence-electron chi connectivity index (χ1n) is 3.91. The van der Waals surface area contributed by atoms with Crippen LogP contribution in [0.2, 0.25) is 0 Å². The summed E-state index contributed by atoms with van der Waals surface area (Å²) in [5, 5.41) is 17.3. The summed E-state index contributed by atoms with van der Waals surface area (Å²) in [6.45, 7) is 2.01. The van der Waals surface area contributed by atoms with Crippen LogP contribution >= 0.6 is 0 Å². The summed E-state index contributed by atoms with van der Waals surface area (Å²) in [5.41, 5.74) is 0. The van der Waals surface area contributed by atoms with Crippen LogP contribution in [-0.2, 0) is 0 Å². The molecule has 0 bridgehead atoms. The summed E-state index contributed by atoms with van der Waals surface area (Å²) in [4.78, 5) is 0. The lowest BCUT2D eigenvalue weighted by Crippen LogP contribution is -2.11. The van der Waals surface area contributed by atoms with Crippen molar-refractivity contribution >= 4 is 0 Å². The van der Waals surface area contributed by atoms with E-state index in [-0.39, 0.29) is 6.61 Å². The van der Waals surface area contributed by atoms with Gasteiger partial charge < -0.3 is 10.2 Å². The van der Waals surface area contributed by atoms with E-state index in [0.717, 1.165) is 19.3 Å². The second kappa shape index (κ2) is 7.03. The molecule has 0 aromatic heterocycles. The van der Waals surface area contributed by atoms with Crippen LogP contribution in [0.5, 0.6) is 0 Å². The summed E-state index contributed by atoms with van der Waals surface area (Å²) in [7, 11) is 0. The van der Waals surface area contributed by atoms with Gasteiger partial charge in [0.1, 0.15) is 0 Å². The molecular weight excluding hydrogens is 128 g/mol. The number of hydrogen-bond donors (Lipinski definition) is 2. The smallest absolute Gasteiger partial charge is 0.0771 e. The molecule has 0 rings (SSSR count). The standard InChI is InChI=1S/C8H17O2/c1-2-3-4-5-6-8(10)7-9/h4,8-10H,2-3,5-7H2,1H3. The van der Waals surface area contributed by atoms with Gasteiger partial charge >= 0.3 is 0 Å². The van der Waals surface area contributed by atoms with Gasteiger partial charge in [-0.25, -0.2) is 0 Å². The molecule has 0 aliphatic carbocycles. The molecule has 2 nitrogen and oxygen atoms in total. The second-order valence-electron chi connectivity index (χ2n) is 2.49. The van der Waals surface area contributed by atoms with Gasteiger partial charge in [0, 0.05) is 0 Å². The first kappa shape index (κ1) is 9.92. The van der Waals surface area contributed by atoms with Crippen LogP contribution in [-0.4, -0.2) is 22.9 Å². The van der Waals surface area contributed by atoms with Crippen molar-refractivity contribution in [2.75, 3.05) is 6.61 Å². The fourth-order valence-electron chi connectivity index (χ4n) is 0.750. The van der Waals surface area contributed by atoms with Gasteiger partial charge in [0.05, 0.1) is 12.7 Å². The van der Waals surface area contributed by atoms with Crippen LogP contribution in [0.3, 0.4) is 0 Å². The Morgan fingerprint density at radius 2 is 2.10 bits per heavy atom. The predicted octanol–water partition coefficient (Wildman–Crippen LogP) is 1.12. The molecule has 0 aromatic carbocycles. The van der Waals surface area contributed by atoms with Gasteiger partial charge in [0.25, 0.3) is 0 Å². The third kappa shape index (κ3) is 6.05. The van der Waals surface area contributed by atoms with Crippen LogP contribution in [0.25, 0.3) is 0 Å². The Morgan fingerprint density at radius 3 is 2.60 bits per heavy atom. The van der Waals surface area contributed by atoms with Crippen molar-refractivity contribution in [3.05, 3.63) is 6.42 Å². The maximum Gasteiger partial charge on any atom is 0.0771 e. The summed E-state index contributed by atoms with van der Waals surface area (Å²) >= 11 is 0. The van der Waals surface area contributed by atoms with Gasteiger partial charge in [0.2, 0.25) is 0 Å². The number of rotatable bonds is 6. The Balaban J connectivity index is 2.89. The number of hydrogen-bond acceptors (Lipinski definition) is 2. The van der Waals surface area contributed by atoms with Crippen molar-refractivity contribution in [2.45, 2.75) is 38.7 Å². The van der Waals surface area contributed by atoms with E-state index in [0.29, 0.717) is 6.42 Å². The third-order valence-electron chi connectivity index (χ3n) is 1.41. The minimum atomic E-state index is -0.520. The molecule has 0 aliphatic heterocycles. The predicted molar refractivity (Wildman–Crippen MR) is 41.5 cm³/mol. The fourth-order valence-corrected chi connectivity index (χ4v) is 0.750. The SMILES string of the molecule is CCC[CH]CCC(O)CO. The van der Waals surface area contributed by atoms with Crippen LogP contribution in [0.15, 0.2) is 0 Å². The largest absolute Gasteiger partial charge is 0.394 e. The zero-order valence-electron chi connectivity index (χ0n) is 6.58. The normalized spacial score (nSPS) is 13.5. The zero-order valence-corrected chi connectivity index (χ0v) is 6.58. The Morgan fingerprint density at radius 1 is 1.40 bits per heavy atom. The lowest BCUT2D eigenvalue weighted by molar-refractivity contribution is 0.0882. The van der Waals surface area contributed by atoms with E-state index in [1.54, 1.807) is 0 Å². The highest BCUT2D eigenvalue weighted by Gasteiger charge is 1.99. The van der Waals surface area contributed by atoms with Gasteiger partial charge in [-0.3, -0.25) is 0 Å². The van der Waals surface area contributed by atoms with Crippen LogP contribution < -0.4 is 0 Å². The Kier molecular flexibility index (Phi) is 6.98. The molecule has 0 spiro atoms. The molecule has 0 heterocycles. The highest BCUT2D eigenvalue weighted by atomic mass is 16.3. The van der Waals surface area contributed by atoms with E-state index in [4.69, 9.17) is 10.2 Å². The fraction of sp³-hybridized carbons (Fsp3) is 0.875. The minimum absolute atomic E-state index is 0.111. The lowest BCUT2D eigenvalue weighted by Gasteiger charge is -2.04. The molecule has 1 unspecified atom stereocenters. The van der Waals surface area contributed by atoms with Crippen molar-refractivity contribution in [3.63, 3.8) is 0 Å². The molecule has 0 aliphatic rings. The van der Waals surface area contributed by atoms with Crippen molar-refractivity contribution in [1.82, 2.24) is 0 Å². The molecule has 0 amide bonds. The molecule has 0 saturated heterocycles. The summed E-state index contributed by atoms with van der Waals surface area (Å²) in [6.07, 6.45) is 5.51. The van der Waals surface area contributed by atoms with Gasteiger partial charge in [-0.1, -0.05) is 19.8 Å². The van der Waals surface area contributed by atoms with E-state index in [9.17, 15) is 0 Å². The number of aliphatic hydroxyl groups excluding tert-OH is 2. The van der Waals surface area contributed by atoms with Crippen molar-refractivity contribution in [2.24, 2.45) is 0 Å². The molecular formula is C8H17O2. The number of aliphatic hydroxyl groups is 2. The summed E-state index contributed by atoms with van der Waals surface area (Å²) in [6, 6.07) is 0. The van der Waals surface area contributed by atoms with Gasteiger partial charge in [-0.15, -0.1) is 0 Å². The van der Waals surface area contributed by atoms with Gasteiger partial charge in [0.15, 0.2) is 0 Å². The third-order valence-corrected chi connectivity index (χ3v) is 1.41. The average molecular weight is 145 g/mol. The molecule has 1 radical (unpaired) electrons. The molecule has 0 fully saturated rings. The Bertz CT molecular complexity index is 64.3. The maximum absolute atomic E-state index is 8.89. The van der Waals surface area contributed by atoms with Gasteiger partial charge in [-0.05, 0) is 19.3 Å². The first-order chi connectivity index (χ1) is 4.81. The van der Waals surface area contributed by atoms with E-state index in [2.05, 4.69) is 13.3 Å². The second-order valence-corrected chi connectivity index (χ2v) is 2.49. The average Bonchev–Trinajstić information content (AvgIpc) is 1.98. The van der Waals surface area contributed by atoms with E-state index < -0.39 is 6.10 Å². The molecule has 2 heteroatoms. The Labute approximate surface area is 62.9 Å². The lowest BCUT2D eigenvalue weighted by atomic mass is 10.1. The molecule has 1 atom stereocenters.